The molecule has 0 bridgehead atoms. The molecule has 7 heavy (non-hydrogen) atoms. The molecule has 0 aliphatic heterocycles. The van der Waals surface area contributed by atoms with Crippen LogP contribution in [0.15, 0.2) is 0 Å². The number of hydrogen-bond donors (Lipinski definition) is 2. The SMILES string of the molecule is NC(=O)C(N)[C]=O. The van der Waals surface area contributed by atoms with E-state index in [1.54, 1.807) is 0 Å². The number of hydrogen-bond acceptors (Lipinski definition) is 3. The van der Waals surface area contributed by atoms with Gasteiger partial charge in [-0.15, -0.1) is 0 Å². The van der Waals surface area contributed by atoms with Crippen LogP contribution in [0.1, 0.15) is 0 Å². The molecule has 1 unspecified atom stereocenters. The van der Waals surface area contributed by atoms with Gasteiger partial charge in [-0.2, -0.15) is 0 Å². The summed E-state index contributed by atoms with van der Waals surface area (Å²) in [4.78, 5) is 19.2. The Morgan fingerprint density at radius 3 is 2.14 bits per heavy atom. The van der Waals surface area contributed by atoms with Crippen LogP contribution in [0.2, 0.25) is 0 Å². The molecular weight excluding hydrogens is 96.0 g/mol. The van der Waals surface area contributed by atoms with Crippen LogP contribution in [-0.2, 0) is 9.59 Å². The number of carbonyl (C=O) groups excluding carboxylic acids is 2. The molecule has 0 aromatic carbocycles. The summed E-state index contributed by atoms with van der Waals surface area (Å²) in [6, 6.07) is -1.26. The fraction of sp³-hybridized carbons (Fsp3) is 0.333. The molecule has 1 radical (unpaired) electrons. The third-order valence-corrected chi connectivity index (χ3v) is 0.433. The Hall–Kier alpha value is -0.900. The molecule has 0 aromatic rings. The first-order valence-electron chi connectivity index (χ1n) is 1.61. The van der Waals surface area contributed by atoms with E-state index in [0.29, 0.717) is 0 Å². The predicted molar refractivity (Wildman–Crippen MR) is 22.9 cm³/mol. The summed E-state index contributed by atoms with van der Waals surface area (Å²) in [6.07, 6.45) is 1.22. The largest absolute Gasteiger partial charge is 0.368 e. The molecule has 0 saturated heterocycles. The molecule has 0 spiro atoms. The van der Waals surface area contributed by atoms with E-state index >= 15 is 0 Å². The summed E-state index contributed by atoms with van der Waals surface area (Å²) in [7, 11) is 0. The Morgan fingerprint density at radius 1 is 1.71 bits per heavy atom. The predicted octanol–water partition coefficient (Wildman–Crippen LogP) is -2.09. The van der Waals surface area contributed by atoms with E-state index in [4.69, 9.17) is 5.73 Å². The summed E-state index contributed by atoms with van der Waals surface area (Å²) < 4.78 is 0. The quantitative estimate of drug-likeness (QED) is 0.391. The van der Waals surface area contributed by atoms with Crippen LogP contribution in [0.5, 0.6) is 0 Å². The van der Waals surface area contributed by atoms with E-state index in [0.717, 1.165) is 0 Å². The second-order valence-electron chi connectivity index (χ2n) is 0.998. The maximum atomic E-state index is 9.77. The van der Waals surface area contributed by atoms with E-state index in [1.807, 2.05) is 0 Å². The molecule has 4 heteroatoms. The van der Waals surface area contributed by atoms with Gasteiger partial charge in [0.05, 0.1) is 0 Å². The van der Waals surface area contributed by atoms with Crippen molar-refractivity contribution in [2.45, 2.75) is 6.04 Å². The Morgan fingerprint density at radius 2 is 2.14 bits per heavy atom. The molecular formula is C3H5N2O2. The van der Waals surface area contributed by atoms with Gasteiger partial charge in [-0.1, -0.05) is 0 Å². The molecule has 39 valence electrons. The van der Waals surface area contributed by atoms with E-state index < -0.39 is 11.9 Å². The molecule has 4 nitrogen and oxygen atoms in total. The molecule has 0 aliphatic carbocycles. The summed E-state index contributed by atoms with van der Waals surface area (Å²) in [5.41, 5.74) is 9.24. The lowest BCUT2D eigenvalue weighted by atomic mass is 10.3. The van der Waals surface area contributed by atoms with Gasteiger partial charge in [0, 0.05) is 0 Å². The number of amides is 1. The highest BCUT2D eigenvalue weighted by Gasteiger charge is 2.05. The molecule has 4 N–H and O–H groups in total. The van der Waals surface area contributed by atoms with Gasteiger partial charge in [0.15, 0.2) is 6.04 Å². The van der Waals surface area contributed by atoms with E-state index in [9.17, 15) is 9.59 Å². The first-order chi connectivity index (χ1) is 3.18. The Labute approximate surface area is 40.5 Å². The van der Waals surface area contributed by atoms with Crippen molar-refractivity contribution in [1.29, 1.82) is 0 Å². The monoisotopic (exact) mass is 101 g/mol. The first-order valence-corrected chi connectivity index (χ1v) is 1.61. The maximum absolute atomic E-state index is 9.77. The minimum Gasteiger partial charge on any atom is -0.368 e. The third kappa shape index (κ3) is 1.88. The lowest BCUT2D eigenvalue weighted by molar-refractivity contribution is -0.117. The van der Waals surface area contributed by atoms with Crippen molar-refractivity contribution in [3.63, 3.8) is 0 Å². The molecule has 0 aliphatic rings. The maximum Gasteiger partial charge on any atom is 0.242 e. The van der Waals surface area contributed by atoms with Crippen molar-refractivity contribution in [3.05, 3.63) is 0 Å². The van der Waals surface area contributed by atoms with Crippen molar-refractivity contribution in [1.82, 2.24) is 0 Å². The third-order valence-electron chi connectivity index (χ3n) is 0.433. The summed E-state index contributed by atoms with van der Waals surface area (Å²) >= 11 is 0. The van der Waals surface area contributed by atoms with Gasteiger partial charge in [-0.05, 0) is 0 Å². The van der Waals surface area contributed by atoms with Gasteiger partial charge in [-0.3, -0.25) is 9.59 Å². The van der Waals surface area contributed by atoms with Gasteiger partial charge in [0.2, 0.25) is 12.2 Å². The van der Waals surface area contributed by atoms with Crippen molar-refractivity contribution >= 4 is 12.2 Å². The average Bonchev–Trinajstić information content (AvgIpc) is 1.65. The van der Waals surface area contributed by atoms with Crippen LogP contribution in [-0.4, -0.2) is 18.2 Å². The van der Waals surface area contributed by atoms with E-state index in [1.165, 1.54) is 6.29 Å². The number of nitrogens with two attached hydrogens (primary N) is 2. The van der Waals surface area contributed by atoms with Crippen LogP contribution in [0, 0.1) is 0 Å². The Bertz CT molecular complexity index is 90.9. The number of rotatable bonds is 2. The van der Waals surface area contributed by atoms with Crippen LogP contribution in [0.3, 0.4) is 0 Å². The van der Waals surface area contributed by atoms with E-state index in [-0.39, 0.29) is 0 Å². The zero-order chi connectivity index (χ0) is 5.86. The zero-order valence-electron chi connectivity index (χ0n) is 3.55. The fourth-order valence-electron chi connectivity index (χ4n) is 0.0581. The number of primary amides is 1. The second-order valence-corrected chi connectivity index (χ2v) is 0.998. The van der Waals surface area contributed by atoms with Crippen molar-refractivity contribution in [3.8, 4) is 0 Å². The van der Waals surface area contributed by atoms with Gasteiger partial charge < -0.3 is 11.5 Å². The molecule has 0 aromatic heterocycles. The lowest BCUT2D eigenvalue weighted by Gasteiger charge is -1.89. The standard InChI is InChI=1S/C3H5N2O2/c4-2(1-6)3(5)7/h2H,4H2,(H2,5,7). The highest BCUT2D eigenvalue weighted by Crippen LogP contribution is 1.62. The molecule has 0 fully saturated rings. The minimum atomic E-state index is -1.26. The van der Waals surface area contributed by atoms with Crippen molar-refractivity contribution in [2.75, 3.05) is 0 Å². The normalized spacial score (nSPS) is 12.7. The van der Waals surface area contributed by atoms with Gasteiger partial charge >= 0.3 is 0 Å². The lowest BCUT2D eigenvalue weighted by Crippen LogP contribution is -2.37. The van der Waals surface area contributed by atoms with Crippen molar-refractivity contribution < 1.29 is 9.59 Å². The highest BCUT2D eigenvalue weighted by atomic mass is 16.2. The smallest absolute Gasteiger partial charge is 0.242 e. The topological polar surface area (TPSA) is 86.2 Å². The van der Waals surface area contributed by atoms with Crippen LogP contribution in [0.25, 0.3) is 0 Å². The van der Waals surface area contributed by atoms with Crippen LogP contribution >= 0.6 is 0 Å². The molecule has 1 atom stereocenters. The molecule has 0 saturated carbocycles. The van der Waals surface area contributed by atoms with Gasteiger partial charge in [0.25, 0.3) is 0 Å². The minimum absolute atomic E-state index is 0.852. The second kappa shape index (κ2) is 2.30. The molecule has 1 amide bonds. The van der Waals surface area contributed by atoms with Crippen LogP contribution < -0.4 is 11.5 Å². The van der Waals surface area contributed by atoms with Crippen LogP contribution in [0.4, 0.5) is 0 Å². The summed E-state index contributed by atoms with van der Waals surface area (Å²) in [6.45, 7) is 0. The zero-order valence-corrected chi connectivity index (χ0v) is 3.55. The highest BCUT2D eigenvalue weighted by molar-refractivity contribution is 5.94. The number of carbonyl (C=O) groups is 1. The van der Waals surface area contributed by atoms with Gasteiger partial charge in [-0.25, -0.2) is 0 Å². The van der Waals surface area contributed by atoms with Gasteiger partial charge in [0.1, 0.15) is 0 Å². The van der Waals surface area contributed by atoms with Crippen molar-refractivity contribution in [2.24, 2.45) is 11.5 Å². The summed E-state index contributed by atoms with van der Waals surface area (Å²) in [5.74, 6) is -0.852. The first kappa shape index (κ1) is 6.10. The fourth-order valence-corrected chi connectivity index (χ4v) is 0.0581. The average molecular weight is 101 g/mol. The Balaban J connectivity index is 3.55. The Kier molecular flexibility index (Phi) is 2.01. The molecule has 0 rings (SSSR count). The summed E-state index contributed by atoms with van der Waals surface area (Å²) in [5, 5.41) is 0. The molecule has 0 heterocycles. The van der Waals surface area contributed by atoms with E-state index in [2.05, 4.69) is 5.73 Å².